The minimum atomic E-state index is -0.0689. The molecule has 1 aromatic rings. The van der Waals surface area contributed by atoms with Gasteiger partial charge in [-0.25, -0.2) is 5.43 Å². The molecule has 0 bridgehead atoms. The van der Waals surface area contributed by atoms with Gasteiger partial charge in [0.1, 0.15) is 0 Å². The molecule has 0 aliphatic heterocycles. The molecule has 78 valence electrons. The summed E-state index contributed by atoms with van der Waals surface area (Å²) >= 11 is 0. The third-order valence-corrected chi connectivity index (χ3v) is 1.48. The number of rotatable bonds is 4. The Kier molecular flexibility index (Phi) is 6.74. The first-order valence-electron chi connectivity index (χ1n) is 4.07. The summed E-state index contributed by atoms with van der Waals surface area (Å²) in [5, 5.41) is 2.74. The highest BCUT2D eigenvalue weighted by Gasteiger charge is 1.98. The highest BCUT2D eigenvalue weighted by molar-refractivity contribution is 5.92. The summed E-state index contributed by atoms with van der Waals surface area (Å²) in [4.78, 5) is 11.2. The molecule has 0 radical (unpaired) electrons. The number of hydrogen-bond acceptors (Lipinski definition) is 3. The lowest BCUT2D eigenvalue weighted by atomic mass is 10.3. The molecule has 0 heterocycles. The summed E-state index contributed by atoms with van der Waals surface area (Å²) in [6, 6.07) is 9.35. The van der Waals surface area contributed by atoms with E-state index in [2.05, 4.69) is 16.2 Å². The molecular weight excluding hydrogens is 202 g/mol. The van der Waals surface area contributed by atoms with E-state index in [-0.39, 0.29) is 24.9 Å². The molecule has 0 unspecified atom stereocenters. The van der Waals surface area contributed by atoms with Gasteiger partial charge in [-0.1, -0.05) is 18.2 Å². The predicted octanol–water partition coefficient (Wildman–Crippen LogP) is 0.771. The number of halogens is 1. The molecule has 0 aliphatic carbocycles. The molecule has 5 heteroatoms. The largest absolute Gasteiger partial charge is 0.325 e. The first kappa shape index (κ1) is 12.9. The van der Waals surface area contributed by atoms with Crippen molar-refractivity contribution in [2.24, 2.45) is 0 Å². The van der Waals surface area contributed by atoms with Gasteiger partial charge in [-0.2, -0.15) is 0 Å². The average molecular weight is 216 g/mol. The SMILES string of the molecule is CNNCC(=O)Nc1ccccc1.Cl. The summed E-state index contributed by atoms with van der Waals surface area (Å²) in [6.07, 6.45) is 0. The minimum Gasteiger partial charge on any atom is -0.325 e. The highest BCUT2D eigenvalue weighted by Crippen LogP contribution is 2.03. The average Bonchev–Trinajstić information content (AvgIpc) is 2.16. The number of carbonyl (C=O) groups is 1. The van der Waals surface area contributed by atoms with Gasteiger partial charge in [0.15, 0.2) is 0 Å². The molecule has 1 amide bonds. The van der Waals surface area contributed by atoms with Gasteiger partial charge in [0.25, 0.3) is 0 Å². The van der Waals surface area contributed by atoms with Crippen LogP contribution >= 0.6 is 12.4 Å². The number of hydrazine groups is 1. The van der Waals surface area contributed by atoms with Gasteiger partial charge >= 0.3 is 0 Å². The maximum absolute atomic E-state index is 11.2. The maximum Gasteiger partial charge on any atom is 0.239 e. The second-order valence-corrected chi connectivity index (χ2v) is 2.52. The van der Waals surface area contributed by atoms with Crippen LogP contribution in [0.4, 0.5) is 5.69 Å². The summed E-state index contributed by atoms with van der Waals surface area (Å²) in [7, 11) is 1.72. The van der Waals surface area contributed by atoms with Crippen LogP contribution in [0.1, 0.15) is 0 Å². The van der Waals surface area contributed by atoms with Gasteiger partial charge in [0.2, 0.25) is 5.91 Å². The predicted molar refractivity (Wildman–Crippen MR) is 59.4 cm³/mol. The standard InChI is InChI=1S/C9H13N3O.ClH/c1-10-11-7-9(13)12-8-5-3-2-4-6-8;/h2-6,10-11H,7H2,1H3,(H,12,13);1H. The van der Waals surface area contributed by atoms with Crippen molar-refractivity contribution < 1.29 is 4.79 Å². The number of nitrogens with one attached hydrogen (secondary N) is 3. The molecule has 0 saturated heterocycles. The summed E-state index contributed by atoms with van der Waals surface area (Å²) in [5.41, 5.74) is 6.19. The number of amides is 1. The fourth-order valence-electron chi connectivity index (χ4n) is 0.895. The molecule has 0 fully saturated rings. The van der Waals surface area contributed by atoms with Crippen LogP contribution in [0, 0.1) is 0 Å². The van der Waals surface area contributed by atoms with Crippen molar-refractivity contribution in [1.82, 2.24) is 10.9 Å². The molecule has 0 saturated carbocycles. The van der Waals surface area contributed by atoms with E-state index in [0.29, 0.717) is 0 Å². The van der Waals surface area contributed by atoms with Crippen LogP contribution in [0.5, 0.6) is 0 Å². The molecule has 3 N–H and O–H groups in total. The van der Waals surface area contributed by atoms with Crippen LogP contribution in [0.15, 0.2) is 30.3 Å². The van der Waals surface area contributed by atoms with Gasteiger partial charge in [0.05, 0.1) is 6.54 Å². The van der Waals surface area contributed by atoms with Crippen LogP contribution in [-0.4, -0.2) is 19.5 Å². The van der Waals surface area contributed by atoms with Crippen molar-refractivity contribution in [3.63, 3.8) is 0 Å². The summed E-state index contributed by atoms with van der Waals surface area (Å²) in [5.74, 6) is -0.0689. The van der Waals surface area contributed by atoms with E-state index in [1.807, 2.05) is 30.3 Å². The van der Waals surface area contributed by atoms with E-state index in [9.17, 15) is 4.79 Å². The lowest BCUT2D eigenvalue weighted by Gasteiger charge is -2.04. The Morgan fingerprint density at radius 2 is 1.93 bits per heavy atom. The third kappa shape index (κ3) is 4.81. The molecule has 1 aromatic carbocycles. The van der Waals surface area contributed by atoms with Crippen molar-refractivity contribution in [3.05, 3.63) is 30.3 Å². The van der Waals surface area contributed by atoms with E-state index in [0.717, 1.165) is 5.69 Å². The Morgan fingerprint density at radius 1 is 1.29 bits per heavy atom. The smallest absolute Gasteiger partial charge is 0.239 e. The molecule has 0 aliphatic rings. The Morgan fingerprint density at radius 3 is 2.50 bits per heavy atom. The number of hydrogen-bond donors (Lipinski definition) is 3. The van der Waals surface area contributed by atoms with E-state index in [1.165, 1.54) is 0 Å². The molecule has 0 atom stereocenters. The van der Waals surface area contributed by atoms with E-state index < -0.39 is 0 Å². The normalized spacial score (nSPS) is 8.93. The number of para-hydroxylation sites is 1. The van der Waals surface area contributed by atoms with Crippen LogP contribution in [0.3, 0.4) is 0 Å². The van der Waals surface area contributed by atoms with Crippen molar-refractivity contribution in [2.75, 3.05) is 18.9 Å². The molecular formula is C9H14ClN3O. The summed E-state index contributed by atoms with van der Waals surface area (Å²) < 4.78 is 0. The third-order valence-electron chi connectivity index (χ3n) is 1.48. The number of carbonyl (C=O) groups excluding carboxylic acids is 1. The fraction of sp³-hybridized carbons (Fsp3) is 0.222. The Bertz CT molecular complexity index is 266. The van der Waals surface area contributed by atoms with Crippen molar-refractivity contribution >= 4 is 24.0 Å². The van der Waals surface area contributed by atoms with E-state index in [4.69, 9.17) is 0 Å². The zero-order chi connectivity index (χ0) is 9.52. The molecule has 0 aromatic heterocycles. The number of anilines is 1. The van der Waals surface area contributed by atoms with Gasteiger partial charge in [0, 0.05) is 5.69 Å². The van der Waals surface area contributed by atoms with Gasteiger partial charge in [-0.15, -0.1) is 12.4 Å². The quantitative estimate of drug-likeness (QED) is 0.651. The van der Waals surface area contributed by atoms with Crippen LogP contribution in [0.25, 0.3) is 0 Å². The molecule has 14 heavy (non-hydrogen) atoms. The van der Waals surface area contributed by atoms with Crippen LogP contribution in [0.2, 0.25) is 0 Å². The van der Waals surface area contributed by atoms with E-state index >= 15 is 0 Å². The zero-order valence-corrected chi connectivity index (χ0v) is 8.73. The lowest BCUT2D eigenvalue weighted by Crippen LogP contribution is -2.35. The molecule has 1 rings (SSSR count). The highest BCUT2D eigenvalue weighted by atomic mass is 35.5. The van der Waals surface area contributed by atoms with Gasteiger partial charge in [-0.3, -0.25) is 10.2 Å². The maximum atomic E-state index is 11.2. The Balaban J connectivity index is 0.00000169. The minimum absolute atomic E-state index is 0. The Hall–Kier alpha value is -1.10. The van der Waals surface area contributed by atoms with Crippen molar-refractivity contribution in [1.29, 1.82) is 0 Å². The first-order valence-corrected chi connectivity index (χ1v) is 4.07. The molecule has 4 nitrogen and oxygen atoms in total. The number of benzene rings is 1. The topological polar surface area (TPSA) is 53.2 Å². The van der Waals surface area contributed by atoms with Crippen molar-refractivity contribution in [2.45, 2.75) is 0 Å². The summed E-state index contributed by atoms with van der Waals surface area (Å²) in [6.45, 7) is 0.255. The molecule has 0 spiro atoms. The van der Waals surface area contributed by atoms with Crippen molar-refractivity contribution in [3.8, 4) is 0 Å². The van der Waals surface area contributed by atoms with E-state index in [1.54, 1.807) is 7.05 Å². The fourth-order valence-corrected chi connectivity index (χ4v) is 0.895. The Labute approximate surface area is 89.5 Å². The second-order valence-electron chi connectivity index (χ2n) is 2.52. The van der Waals surface area contributed by atoms with Crippen LogP contribution in [-0.2, 0) is 4.79 Å². The monoisotopic (exact) mass is 215 g/mol. The zero-order valence-electron chi connectivity index (χ0n) is 7.91. The van der Waals surface area contributed by atoms with Gasteiger partial charge < -0.3 is 5.32 Å². The second kappa shape index (κ2) is 7.32. The van der Waals surface area contributed by atoms with Crippen LogP contribution < -0.4 is 16.2 Å². The first-order chi connectivity index (χ1) is 6.33. The van der Waals surface area contributed by atoms with Gasteiger partial charge in [-0.05, 0) is 19.2 Å². The lowest BCUT2D eigenvalue weighted by molar-refractivity contribution is -0.115.